The van der Waals surface area contributed by atoms with Crippen LogP contribution in [0.5, 0.6) is 0 Å². The fourth-order valence-corrected chi connectivity index (χ4v) is 3.84. The quantitative estimate of drug-likeness (QED) is 0.380. The Hall–Kier alpha value is -0.340. The number of nitrogens with one attached hydrogen (secondary N) is 2. The monoisotopic (exact) mass is 450 g/mol. The summed E-state index contributed by atoms with van der Waals surface area (Å²) in [5.41, 5.74) is 0. The molecule has 0 aromatic carbocycles. The van der Waals surface area contributed by atoms with Gasteiger partial charge < -0.3 is 10.6 Å². The van der Waals surface area contributed by atoms with Crippen LogP contribution in [0.1, 0.15) is 43.4 Å². The predicted molar refractivity (Wildman–Crippen MR) is 112 cm³/mol. The standard InChI is InChI=1S/C17H30N4S.HI/c1-4-15-9-10-16(22-15)13-20-17(18-5-2)19-12-14-8-7-11-21(14)6-3;/h9-10,14H,4-8,11-13H2,1-3H3,(H2,18,19,20);1H. The van der Waals surface area contributed by atoms with Crippen molar-refractivity contribution in [2.75, 3.05) is 26.2 Å². The van der Waals surface area contributed by atoms with E-state index in [0.29, 0.717) is 6.04 Å². The van der Waals surface area contributed by atoms with E-state index in [1.165, 1.54) is 29.1 Å². The molecule has 0 bridgehead atoms. The van der Waals surface area contributed by atoms with Gasteiger partial charge in [-0.25, -0.2) is 4.99 Å². The van der Waals surface area contributed by atoms with Crippen LogP contribution in [0.2, 0.25) is 0 Å². The first-order valence-electron chi connectivity index (χ1n) is 8.60. The molecule has 0 spiro atoms. The zero-order chi connectivity index (χ0) is 15.8. The minimum Gasteiger partial charge on any atom is -0.357 e. The number of aryl methyl sites for hydroxylation is 1. The summed E-state index contributed by atoms with van der Waals surface area (Å²) >= 11 is 1.87. The van der Waals surface area contributed by atoms with Crippen molar-refractivity contribution in [3.8, 4) is 0 Å². The molecule has 0 amide bonds. The number of hydrogen-bond donors (Lipinski definition) is 2. The highest BCUT2D eigenvalue weighted by Gasteiger charge is 2.22. The van der Waals surface area contributed by atoms with Crippen LogP contribution in [0.4, 0.5) is 0 Å². The first-order chi connectivity index (χ1) is 10.8. The molecule has 1 unspecified atom stereocenters. The van der Waals surface area contributed by atoms with E-state index in [2.05, 4.69) is 48.4 Å². The minimum absolute atomic E-state index is 0. The van der Waals surface area contributed by atoms with Crippen LogP contribution in [0.3, 0.4) is 0 Å². The first kappa shape index (κ1) is 20.7. The third-order valence-corrected chi connectivity index (χ3v) is 5.43. The molecule has 23 heavy (non-hydrogen) atoms. The zero-order valence-corrected chi connectivity index (χ0v) is 17.7. The van der Waals surface area contributed by atoms with E-state index in [1.807, 2.05) is 11.3 Å². The summed E-state index contributed by atoms with van der Waals surface area (Å²) in [6.07, 6.45) is 3.73. The van der Waals surface area contributed by atoms with E-state index in [1.54, 1.807) is 0 Å². The Morgan fingerprint density at radius 3 is 2.70 bits per heavy atom. The third-order valence-electron chi connectivity index (χ3n) is 4.21. The summed E-state index contributed by atoms with van der Waals surface area (Å²) in [5.74, 6) is 0.942. The van der Waals surface area contributed by atoms with Crippen molar-refractivity contribution in [1.82, 2.24) is 15.5 Å². The highest BCUT2D eigenvalue weighted by Crippen LogP contribution is 2.18. The molecule has 2 heterocycles. The minimum atomic E-state index is 0. The van der Waals surface area contributed by atoms with E-state index >= 15 is 0 Å². The number of aliphatic imine (C=N–C) groups is 1. The van der Waals surface area contributed by atoms with Crippen LogP contribution in [0.25, 0.3) is 0 Å². The molecular weight excluding hydrogens is 419 g/mol. The van der Waals surface area contributed by atoms with Crippen molar-refractivity contribution in [2.24, 2.45) is 4.99 Å². The zero-order valence-electron chi connectivity index (χ0n) is 14.6. The molecule has 1 saturated heterocycles. The number of likely N-dealkylation sites (tertiary alicyclic amines) is 1. The maximum Gasteiger partial charge on any atom is 0.191 e. The van der Waals surface area contributed by atoms with E-state index in [-0.39, 0.29) is 24.0 Å². The molecule has 0 aliphatic carbocycles. The van der Waals surface area contributed by atoms with Gasteiger partial charge in [-0.05, 0) is 51.4 Å². The Morgan fingerprint density at radius 1 is 1.26 bits per heavy atom. The second-order valence-corrected chi connectivity index (χ2v) is 6.98. The Labute approximate surface area is 162 Å². The molecule has 1 fully saturated rings. The number of rotatable bonds is 7. The van der Waals surface area contributed by atoms with Crippen molar-refractivity contribution >= 4 is 41.3 Å². The Kier molecular flexibility index (Phi) is 10.1. The van der Waals surface area contributed by atoms with Crippen LogP contribution >= 0.6 is 35.3 Å². The molecule has 0 saturated carbocycles. The molecule has 2 rings (SSSR count). The second kappa shape index (κ2) is 11.3. The summed E-state index contributed by atoms with van der Waals surface area (Å²) < 4.78 is 0. The molecule has 0 radical (unpaired) electrons. The molecule has 1 aromatic rings. The van der Waals surface area contributed by atoms with Gasteiger partial charge in [0.25, 0.3) is 0 Å². The SMILES string of the molecule is CCNC(=NCc1ccc(CC)s1)NCC1CCCN1CC.I. The smallest absolute Gasteiger partial charge is 0.191 e. The van der Waals surface area contributed by atoms with Crippen LogP contribution in [-0.2, 0) is 13.0 Å². The number of hydrogen-bond acceptors (Lipinski definition) is 3. The van der Waals surface area contributed by atoms with Gasteiger partial charge in [-0.1, -0.05) is 13.8 Å². The number of guanidine groups is 1. The fourth-order valence-electron chi connectivity index (χ4n) is 2.95. The highest BCUT2D eigenvalue weighted by molar-refractivity contribution is 14.0. The van der Waals surface area contributed by atoms with Crippen LogP contribution in [0, 0.1) is 0 Å². The van der Waals surface area contributed by atoms with E-state index in [9.17, 15) is 0 Å². The molecule has 1 aromatic heterocycles. The van der Waals surface area contributed by atoms with Crippen molar-refractivity contribution in [3.05, 3.63) is 21.9 Å². The molecule has 6 heteroatoms. The lowest BCUT2D eigenvalue weighted by Crippen LogP contribution is -2.44. The molecular formula is C17H31IN4S. The van der Waals surface area contributed by atoms with Gasteiger partial charge in [-0.3, -0.25) is 4.90 Å². The highest BCUT2D eigenvalue weighted by atomic mass is 127. The Bertz CT molecular complexity index is 475. The van der Waals surface area contributed by atoms with Gasteiger partial charge in [0.2, 0.25) is 0 Å². The summed E-state index contributed by atoms with van der Waals surface area (Å²) in [6, 6.07) is 5.07. The van der Waals surface area contributed by atoms with Gasteiger partial charge in [0, 0.05) is 28.9 Å². The van der Waals surface area contributed by atoms with Crippen LogP contribution < -0.4 is 10.6 Å². The summed E-state index contributed by atoms with van der Waals surface area (Å²) in [7, 11) is 0. The molecule has 4 nitrogen and oxygen atoms in total. The first-order valence-corrected chi connectivity index (χ1v) is 9.42. The maximum absolute atomic E-state index is 4.73. The lowest BCUT2D eigenvalue weighted by Gasteiger charge is -2.23. The average molecular weight is 450 g/mol. The number of thiophene rings is 1. The number of halogens is 1. The lowest BCUT2D eigenvalue weighted by molar-refractivity contribution is 0.267. The Morgan fingerprint density at radius 2 is 2.04 bits per heavy atom. The van der Waals surface area contributed by atoms with Crippen LogP contribution in [-0.4, -0.2) is 43.1 Å². The van der Waals surface area contributed by atoms with Gasteiger partial charge >= 0.3 is 0 Å². The molecule has 2 N–H and O–H groups in total. The lowest BCUT2D eigenvalue weighted by atomic mass is 10.2. The molecule has 1 aliphatic rings. The van der Waals surface area contributed by atoms with E-state index in [0.717, 1.165) is 38.6 Å². The topological polar surface area (TPSA) is 39.7 Å². The van der Waals surface area contributed by atoms with Crippen LogP contribution in [0.15, 0.2) is 17.1 Å². The number of nitrogens with zero attached hydrogens (tertiary/aromatic N) is 2. The summed E-state index contributed by atoms with van der Waals surface area (Å²) in [4.78, 5) is 10.1. The Balaban J connectivity index is 0.00000264. The third kappa shape index (κ3) is 6.58. The molecule has 1 aliphatic heterocycles. The maximum atomic E-state index is 4.73. The van der Waals surface area contributed by atoms with Gasteiger partial charge in [-0.15, -0.1) is 35.3 Å². The summed E-state index contributed by atoms with van der Waals surface area (Å²) in [5, 5.41) is 6.88. The van der Waals surface area contributed by atoms with Crippen molar-refractivity contribution < 1.29 is 0 Å². The van der Waals surface area contributed by atoms with E-state index in [4.69, 9.17) is 4.99 Å². The fraction of sp³-hybridized carbons (Fsp3) is 0.706. The van der Waals surface area contributed by atoms with Gasteiger partial charge in [0.05, 0.1) is 6.54 Å². The van der Waals surface area contributed by atoms with Gasteiger partial charge in [0.15, 0.2) is 5.96 Å². The van der Waals surface area contributed by atoms with Gasteiger partial charge in [0.1, 0.15) is 0 Å². The number of likely N-dealkylation sites (N-methyl/N-ethyl adjacent to an activating group) is 1. The average Bonchev–Trinajstić information content (AvgIpc) is 3.18. The van der Waals surface area contributed by atoms with Crippen molar-refractivity contribution in [2.45, 2.75) is 52.6 Å². The summed E-state index contributed by atoms with van der Waals surface area (Å²) in [6.45, 7) is 11.6. The van der Waals surface area contributed by atoms with Gasteiger partial charge in [-0.2, -0.15) is 0 Å². The molecule has 1 atom stereocenters. The van der Waals surface area contributed by atoms with Crippen molar-refractivity contribution in [1.29, 1.82) is 0 Å². The van der Waals surface area contributed by atoms with Crippen molar-refractivity contribution in [3.63, 3.8) is 0 Å². The van der Waals surface area contributed by atoms with E-state index < -0.39 is 0 Å². The predicted octanol–water partition coefficient (Wildman–Crippen LogP) is 3.47. The normalized spacial score (nSPS) is 18.7. The second-order valence-electron chi connectivity index (χ2n) is 5.72. The largest absolute Gasteiger partial charge is 0.357 e. The molecule has 132 valence electrons.